The van der Waals surface area contributed by atoms with Crippen LogP contribution in [0, 0.1) is 11.3 Å². The van der Waals surface area contributed by atoms with Gasteiger partial charge in [-0.1, -0.05) is 27.7 Å². The van der Waals surface area contributed by atoms with Gasteiger partial charge in [0.25, 0.3) is 0 Å². The summed E-state index contributed by atoms with van der Waals surface area (Å²) in [6.45, 7) is 9.61. The largest absolute Gasteiger partial charge is 0.228 e. The van der Waals surface area contributed by atoms with Crippen LogP contribution < -0.4 is 0 Å². The van der Waals surface area contributed by atoms with Crippen molar-refractivity contribution in [2.45, 2.75) is 40.1 Å². The van der Waals surface area contributed by atoms with Gasteiger partial charge < -0.3 is 0 Å². The third-order valence-electron chi connectivity index (χ3n) is 2.85. The maximum atomic E-state index is 5.72. The molecule has 0 saturated carbocycles. The number of alkyl halides is 1. The number of tetrazole rings is 1. The minimum absolute atomic E-state index is 0.177. The van der Waals surface area contributed by atoms with Crippen LogP contribution in [-0.2, 0) is 12.4 Å². The van der Waals surface area contributed by atoms with Crippen molar-refractivity contribution >= 4 is 11.6 Å². The highest BCUT2D eigenvalue weighted by Crippen LogP contribution is 2.27. The molecule has 1 heterocycles. The number of nitrogens with zero attached hydrogens (tertiary/aromatic N) is 4. The summed E-state index contributed by atoms with van der Waals surface area (Å²) in [6.07, 6.45) is 0. The van der Waals surface area contributed by atoms with E-state index in [9.17, 15) is 0 Å². The summed E-state index contributed by atoms with van der Waals surface area (Å²) in [5.41, 5.74) is 0.177. The van der Waals surface area contributed by atoms with Crippen LogP contribution in [0.15, 0.2) is 0 Å². The third-order valence-corrected chi connectivity index (χ3v) is 3.08. The van der Waals surface area contributed by atoms with Crippen molar-refractivity contribution in [1.82, 2.24) is 20.2 Å². The molecular weight excluding hydrogens is 200 g/mol. The van der Waals surface area contributed by atoms with E-state index in [2.05, 4.69) is 43.2 Å². The molecule has 1 aromatic rings. The van der Waals surface area contributed by atoms with Crippen LogP contribution in [0.3, 0.4) is 0 Å². The van der Waals surface area contributed by atoms with Crippen molar-refractivity contribution in [3.05, 3.63) is 5.82 Å². The third kappa shape index (κ3) is 2.44. The second-order valence-corrected chi connectivity index (χ2v) is 4.80. The van der Waals surface area contributed by atoms with Crippen LogP contribution in [0.4, 0.5) is 0 Å². The predicted molar refractivity (Wildman–Crippen MR) is 56.0 cm³/mol. The quantitative estimate of drug-likeness (QED) is 0.724. The Morgan fingerprint density at radius 3 is 2.57 bits per heavy atom. The van der Waals surface area contributed by atoms with Crippen molar-refractivity contribution in [2.75, 3.05) is 0 Å². The van der Waals surface area contributed by atoms with E-state index in [1.807, 2.05) is 0 Å². The van der Waals surface area contributed by atoms with Gasteiger partial charge in [0.15, 0.2) is 5.82 Å². The Balaban J connectivity index is 2.78. The van der Waals surface area contributed by atoms with Crippen molar-refractivity contribution in [3.8, 4) is 0 Å². The highest BCUT2D eigenvalue weighted by molar-refractivity contribution is 6.16. The SMILES string of the molecule is CC(C)C(C)(C)Cn1nnnc1CCl. The van der Waals surface area contributed by atoms with Crippen LogP contribution in [0.25, 0.3) is 0 Å². The maximum Gasteiger partial charge on any atom is 0.166 e. The lowest BCUT2D eigenvalue weighted by Gasteiger charge is -2.28. The van der Waals surface area contributed by atoms with E-state index < -0.39 is 0 Å². The van der Waals surface area contributed by atoms with Gasteiger partial charge in [-0.15, -0.1) is 16.7 Å². The number of aromatic nitrogens is 4. The van der Waals surface area contributed by atoms with E-state index >= 15 is 0 Å². The summed E-state index contributed by atoms with van der Waals surface area (Å²) in [6, 6.07) is 0. The number of rotatable bonds is 4. The Morgan fingerprint density at radius 1 is 1.43 bits per heavy atom. The van der Waals surface area contributed by atoms with Crippen LogP contribution in [0.5, 0.6) is 0 Å². The van der Waals surface area contributed by atoms with Crippen molar-refractivity contribution in [3.63, 3.8) is 0 Å². The van der Waals surface area contributed by atoms with E-state index in [-0.39, 0.29) is 5.41 Å². The van der Waals surface area contributed by atoms with Gasteiger partial charge in [0, 0.05) is 0 Å². The summed E-state index contributed by atoms with van der Waals surface area (Å²) in [4.78, 5) is 0. The first-order chi connectivity index (χ1) is 6.47. The maximum absolute atomic E-state index is 5.72. The number of halogens is 1. The molecule has 0 radical (unpaired) electrons. The Labute approximate surface area is 89.6 Å². The van der Waals surface area contributed by atoms with Gasteiger partial charge in [-0.25, -0.2) is 4.68 Å². The molecule has 0 bridgehead atoms. The average Bonchev–Trinajstić information content (AvgIpc) is 2.50. The molecule has 0 atom stereocenters. The fourth-order valence-corrected chi connectivity index (χ4v) is 1.20. The van der Waals surface area contributed by atoms with E-state index in [0.717, 1.165) is 12.4 Å². The molecule has 0 N–H and O–H groups in total. The molecule has 80 valence electrons. The fourth-order valence-electron chi connectivity index (χ4n) is 1.01. The number of hydrogen-bond acceptors (Lipinski definition) is 3. The zero-order chi connectivity index (χ0) is 10.8. The van der Waals surface area contributed by atoms with E-state index in [0.29, 0.717) is 11.8 Å². The zero-order valence-corrected chi connectivity index (χ0v) is 9.91. The highest BCUT2D eigenvalue weighted by Gasteiger charge is 2.24. The van der Waals surface area contributed by atoms with Crippen LogP contribution in [0.1, 0.15) is 33.5 Å². The van der Waals surface area contributed by atoms with Gasteiger partial charge in [0.05, 0.1) is 12.4 Å². The minimum atomic E-state index is 0.177. The van der Waals surface area contributed by atoms with E-state index in [1.54, 1.807) is 4.68 Å². The molecule has 1 aromatic heterocycles. The molecule has 0 saturated heterocycles. The summed E-state index contributed by atoms with van der Waals surface area (Å²) in [7, 11) is 0. The van der Waals surface area contributed by atoms with Crippen molar-refractivity contribution < 1.29 is 0 Å². The summed E-state index contributed by atoms with van der Waals surface area (Å²) >= 11 is 5.72. The first-order valence-electron chi connectivity index (χ1n) is 4.78. The van der Waals surface area contributed by atoms with Crippen LogP contribution in [0.2, 0.25) is 0 Å². The molecule has 14 heavy (non-hydrogen) atoms. The van der Waals surface area contributed by atoms with Gasteiger partial charge in [-0.05, 0) is 21.8 Å². The Kier molecular flexibility index (Phi) is 3.48. The lowest BCUT2D eigenvalue weighted by Crippen LogP contribution is -2.27. The molecule has 0 aliphatic rings. The predicted octanol–water partition coefficient (Wildman–Crippen LogP) is 2.09. The van der Waals surface area contributed by atoms with E-state index in [4.69, 9.17) is 11.6 Å². The molecule has 1 rings (SSSR count). The Morgan fingerprint density at radius 2 is 2.07 bits per heavy atom. The van der Waals surface area contributed by atoms with Gasteiger partial charge in [0.2, 0.25) is 0 Å². The molecule has 0 fully saturated rings. The molecule has 0 aliphatic carbocycles. The molecule has 0 amide bonds. The summed E-state index contributed by atoms with van der Waals surface area (Å²) in [5.74, 6) is 1.68. The molecule has 0 spiro atoms. The highest BCUT2D eigenvalue weighted by atomic mass is 35.5. The van der Waals surface area contributed by atoms with E-state index in [1.165, 1.54) is 0 Å². The van der Waals surface area contributed by atoms with Crippen molar-refractivity contribution in [1.29, 1.82) is 0 Å². The molecule has 0 unspecified atom stereocenters. The normalized spacial score (nSPS) is 12.4. The molecule has 5 heteroatoms. The molecule has 0 aromatic carbocycles. The zero-order valence-electron chi connectivity index (χ0n) is 9.16. The van der Waals surface area contributed by atoms with Crippen LogP contribution >= 0.6 is 11.6 Å². The van der Waals surface area contributed by atoms with Gasteiger partial charge >= 0.3 is 0 Å². The van der Waals surface area contributed by atoms with Gasteiger partial charge in [-0.2, -0.15) is 0 Å². The van der Waals surface area contributed by atoms with Crippen LogP contribution in [-0.4, -0.2) is 20.2 Å². The second-order valence-electron chi connectivity index (χ2n) is 4.53. The first kappa shape index (κ1) is 11.4. The lowest BCUT2D eigenvalue weighted by molar-refractivity contribution is 0.197. The lowest BCUT2D eigenvalue weighted by atomic mass is 9.81. The molecule has 0 aliphatic heterocycles. The number of hydrogen-bond donors (Lipinski definition) is 0. The smallest absolute Gasteiger partial charge is 0.166 e. The summed E-state index contributed by atoms with van der Waals surface area (Å²) < 4.78 is 1.78. The molecular formula is C9H17ClN4. The minimum Gasteiger partial charge on any atom is -0.228 e. The Hall–Kier alpha value is -0.640. The standard InChI is InChI=1S/C9H17ClN4/c1-7(2)9(3,4)6-14-8(5-10)11-12-13-14/h7H,5-6H2,1-4H3. The average molecular weight is 217 g/mol. The second kappa shape index (κ2) is 4.26. The molecule has 4 nitrogen and oxygen atoms in total. The summed E-state index contributed by atoms with van der Waals surface area (Å²) in [5, 5.41) is 11.4. The Bertz CT molecular complexity index is 293. The fraction of sp³-hybridized carbons (Fsp3) is 0.889. The van der Waals surface area contributed by atoms with Crippen molar-refractivity contribution in [2.24, 2.45) is 11.3 Å². The monoisotopic (exact) mass is 216 g/mol. The van der Waals surface area contributed by atoms with Gasteiger partial charge in [-0.3, -0.25) is 0 Å². The first-order valence-corrected chi connectivity index (χ1v) is 5.32. The topological polar surface area (TPSA) is 43.6 Å². The van der Waals surface area contributed by atoms with Gasteiger partial charge in [0.1, 0.15) is 0 Å².